The van der Waals surface area contributed by atoms with Gasteiger partial charge in [-0.2, -0.15) is 5.10 Å². The van der Waals surface area contributed by atoms with Gasteiger partial charge in [0.2, 0.25) is 0 Å². The fourth-order valence-corrected chi connectivity index (χ4v) is 4.42. The van der Waals surface area contributed by atoms with Gasteiger partial charge in [-0.3, -0.25) is 4.68 Å². The van der Waals surface area contributed by atoms with E-state index >= 15 is 0 Å². The van der Waals surface area contributed by atoms with Gasteiger partial charge >= 0.3 is 0 Å². The van der Waals surface area contributed by atoms with Crippen molar-refractivity contribution in [1.29, 1.82) is 0 Å². The van der Waals surface area contributed by atoms with Crippen LogP contribution in [-0.2, 0) is 6.54 Å². The number of H-pyrrole nitrogens is 1. The van der Waals surface area contributed by atoms with E-state index in [9.17, 15) is 0 Å². The van der Waals surface area contributed by atoms with E-state index in [2.05, 4.69) is 64.5 Å². The Morgan fingerprint density at radius 3 is 2.83 bits per heavy atom. The molecular formula is C24H25N5. The van der Waals surface area contributed by atoms with Crippen LogP contribution in [0.2, 0.25) is 0 Å². The highest BCUT2D eigenvalue weighted by Crippen LogP contribution is 2.36. The molecule has 0 atom stereocenters. The molecule has 1 aliphatic carbocycles. The Morgan fingerprint density at radius 2 is 2.07 bits per heavy atom. The Morgan fingerprint density at radius 1 is 1.14 bits per heavy atom. The lowest BCUT2D eigenvalue weighted by atomic mass is 9.89. The lowest BCUT2D eigenvalue weighted by Crippen LogP contribution is -2.02. The molecule has 0 amide bonds. The average Bonchev–Trinajstić information content (AvgIpc) is 3.37. The molecule has 4 aromatic rings. The molecule has 2 aromatic carbocycles. The largest absolute Gasteiger partial charge is 0.382 e. The topological polar surface area (TPSA) is 72.5 Å². The van der Waals surface area contributed by atoms with Crippen molar-refractivity contribution in [1.82, 2.24) is 19.7 Å². The number of rotatable bonds is 4. The van der Waals surface area contributed by atoms with Gasteiger partial charge in [0.25, 0.3) is 0 Å². The number of nitrogen functional groups attached to an aromatic ring is 1. The number of imidazole rings is 1. The average molecular weight is 383 g/mol. The molecule has 0 aliphatic heterocycles. The third-order valence-corrected chi connectivity index (χ3v) is 5.85. The monoisotopic (exact) mass is 383 g/mol. The smallest absolute Gasteiger partial charge is 0.154 e. The predicted molar refractivity (Wildman–Crippen MR) is 118 cm³/mol. The van der Waals surface area contributed by atoms with Crippen LogP contribution in [0.5, 0.6) is 0 Å². The molecular weight excluding hydrogens is 358 g/mol. The van der Waals surface area contributed by atoms with Crippen molar-refractivity contribution in [3.63, 3.8) is 0 Å². The first-order chi connectivity index (χ1) is 14.2. The van der Waals surface area contributed by atoms with Crippen LogP contribution in [-0.4, -0.2) is 19.7 Å². The van der Waals surface area contributed by atoms with Gasteiger partial charge in [0.1, 0.15) is 0 Å². The molecule has 2 heterocycles. The minimum Gasteiger partial charge on any atom is -0.382 e. The molecule has 5 heteroatoms. The maximum absolute atomic E-state index is 6.36. The molecule has 0 saturated carbocycles. The number of hydrogen-bond donors (Lipinski definition) is 2. The number of nitrogens with zero attached hydrogens (tertiary/aromatic N) is 3. The molecule has 0 spiro atoms. The number of aryl methyl sites for hydroxylation is 1. The van der Waals surface area contributed by atoms with Gasteiger partial charge < -0.3 is 10.7 Å². The number of hydrogen-bond acceptors (Lipinski definition) is 3. The minimum atomic E-state index is 0.558. The summed E-state index contributed by atoms with van der Waals surface area (Å²) < 4.78 is 1.93. The number of anilines is 1. The summed E-state index contributed by atoms with van der Waals surface area (Å²) >= 11 is 0. The molecule has 146 valence electrons. The van der Waals surface area contributed by atoms with Crippen molar-refractivity contribution in [3.05, 3.63) is 71.8 Å². The second-order valence-corrected chi connectivity index (χ2v) is 7.81. The second kappa shape index (κ2) is 7.24. The van der Waals surface area contributed by atoms with E-state index in [4.69, 9.17) is 5.73 Å². The zero-order valence-corrected chi connectivity index (χ0v) is 16.7. The summed E-state index contributed by atoms with van der Waals surface area (Å²) in [7, 11) is 0. The summed E-state index contributed by atoms with van der Waals surface area (Å²) in [5.74, 6) is 0.558. The van der Waals surface area contributed by atoms with Crippen molar-refractivity contribution in [2.75, 3.05) is 5.73 Å². The van der Waals surface area contributed by atoms with E-state index in [1.165, 1.54) is 47.9 Å². The highest BCUT2D eigenvalue weighted by Gasteiger charge is 2.15. The van der Waals surface area contributed by atoms with Gasteiger partial charge in [-0.25, -0.2) is 4.98 Å². The summed E-state index contributed by atoms with van der Waals surface area (Å²) in [6, 6.07) is 13.1. The third kappa shape index (κ3) is 3.23. The van der Waals surface area contributed by atoms with E-state index in [-0.39, 0.29) is 0 Å². The van der Waals surface area contributed by atoms with Crippen LogP contribution in [0.25, 0.3) is 27.6 Å². The fraction of sp³-hybridized carbons (Fsp3) is 0.250. The van der Waals surface area contributed by atoms with Crippen LogP contribution in [0, 0.1) is 6.92 Å². The number of aromatic nitrogens is 4. The lowest BCUT2D eigenvalue weighted by molar-refractivity contribution is 0.703. The van der Waals surface area contributed by atoms with Crippen LogP contribution in [0.15, 0.2) is 55.0 Å². The molecule has 29 heavy (non-hydrogen) atoms. The van der Waals surface area contributed by atoms with E-state index in [1.54, 1.807) is 6.33 Å². The van der Waals surface area contributed by atoms with Gasteiger partial charge in [0, 0.05) is 6.20 Å². The number of fused-ring (bicyclic) bond motifs is 1. The number of benzene rings is 2. The van der Waals surface area contributed by atoms with E-state index < -0.39 is 0 Å². The highest BCUT2D eigenvalue weighted by atomic mass is 15.3. The molecule has 2 aromatic heterocycles. The summed E-state index contributed by atoms with van der Waals surface area (Å²) in [4.78, 5) is 7.30. The Bertz CT molecular complexity index is 1200. The third-order valence-electron chi connectivity index (χ3n) is 5.85. The number of aromatic amines is 1. The molecule has 0 saturated heterocycles. The summed E-state index contributed by atoms with van der Waals surface area (Å²) in [5, 5.41) is 5.60. The standard InChI is InChI=1S/C24H25N5/c1-16-12-18(10-11-20(16)17-6-3-2-4-7-17)21-8-5-9-22-23(21)24(25)28-29(22)14-19-13-26-15-27-19/h5-6,8-13,15H,2-4,7,14H2,1H3,(H2,25,28)(H,26,27). The van der Waals surface area contributed by atoms with Crippen molar-refractivity contribution in [3.8, 4) is 11.1 Å². The maximum Gasteiger partial charge on any atom is 0.154 e. The van der Waals surface area contributed by atoms with E-state index in [0.29, 0.717) is 12.4 Å². The Hall–Kier alpha value is -3.34. The SMILES string of the molecule is Cc1cc(-c2cccc3c2c(N)nn3Cc2c[nH]cn2)ccc1C1=CCCCC1. The van der Waals surface area contributed by atoms with Crippen LogP contribution in [0.3, 0.4) is 0 Å². The highest BCUT2D eigenvalue weighted by molar-refractivity contribution is 6.02. The van der Waals surface area contributed by atoms with Crippen LogP contribution in [0.1, 0.15) is 42.5 Å². The van der Waals surface area contributed by atoms with Crippen molar-refractivity contribution in [2.45, 2.75) is 39.2 Å². The van der Waals surface area contributed by atoms with Crippen molar-refractivity contribution >= 4 is 22.3 Å². The van der Waals surface area contributed by atoms with Gasteiger partial charge in [0.05, 0.1) is 29.5 Å². The molecule has 3 N–H and O–H groups in total. The Balaban J connectivity index is 1.57. The second-order valence-electron chi connectivity index (χ2n) is 7.81. The number of nitrogens with one attached hydrogen (secondary N) is 1. The number of allylic oxidation sites excluding steroid dienone is 2. The molecule has 0 bridgehead atoms. The molecule has 0 fully saturated rings. The predicted octanol–water partition coefficient (Wildman–Crippen LogP) is 5.32. The molecule has 1 aliphatic rings. The first kappa shape index (κ1) is 17.7. The Kier molecular flexibility index (Phi) is 4.43. The van der Waals surface area contributed by atoms with E-state index in [1.807, 2.05) is 10.9 Å². The fourth-order valence-electron chi connectivity index (χ4n) is 4.42. The minimum absolute atomic E-state index is 0.558. The molecule has 0 radical (unpaired) electrons. The van der Waals surface area contributed by atoms with Crippen molar-refractivity contribution in [2.24, 2.45) is 0 Å². The first-order valence-corrected chi connectivity index (χ1v) is 10.2. The van der Waals surface area contributed by atoms with Gasteiger partial charge in [-0.05, 0) is 66.5 Å². The zero-order valence-electron chi connectivity index (χ0n) is 16.7. The van der Waals surface area contributed by atoms with Crippen molar-refractivity contribution < 1.29 is 0 Å². The van der Waals surface area contributed by atoms with Crippen LogP contribution >= 0.6 is 0 Å². The van der Waals surface area contributed by atoms with Gasteiger partial charge in [0.15, 0.2) is 5.82 Å². The number of nitrogens with two attached hydrogens (primary N) is 1. The summed E-state index contributed by atoms with van der Waals surface area (Å²) in [5.41, 5.74) is 14.8. The van der Waals surface area contributed by atoms with Crippen LogP contribution < -0.4 is 5.73 Å². The zero-order chi connectivity index (χ0) is 19.8. The van der Waals surface area contributed by atoms with Gasteiger partial charge in [-0.15, -0.1) is 0 Å². The summed E-state index contributed by atoms with van der Waals surface area (Å²) in [6.07, 6.45) is 11.0. The van der Waals surface area contributed by atoms with E-state index in [0.717, 1.165) is 22.2 Å². The first-order valence-electron chi connectivity index (χ1n) is 10.2. The van der Waals surface area contributed by atoms with Crippen LogP contribution in [0.4, 0.5) is 5.82 Å². The lowest BCUT2D eigenvalue weighted by Gasteiger charge is -2.16. The quantitative estimate of drug-likeness (QED) is 0.501. The molecule has 0 unspecified atom stereocenters. The molecule has 5 rings (SSSR count). The normalized spacial score (nSPS) is 14.3. The maximum atomic E-state index is 6.36. The van der Waals surface area contributed by atoms with Gasteiger partial charge in [-0.1, -0.05) is 36.4 Å². The molecule has 5 nitrogen and oxygen atoms in total. The summed E-state index contributed by atoms with van der Waals surface area (Å²) in [6.45, 7) is 2.80. The Labute approximate surface area is 170 Å².